The van der Waals surface area contributed by atoms with E-state index in [1.54, 1.807) is 0 Å². The zero-order valence-electron chi connectivity index (χ0n) is 11.5. The fourth-order valence-corrected chi connectivity index (χ4v) is 1.92. The Morgan fingerprint density at radius 3 is 2.71 bits per heavy atom. The molecule has 1 atom stereocenters. The van der Waals surface area contributed by atoms with E-state index in [4.69, 9.17) is 0 Å². The van der Waals surface area contributed by atoms with Gasteiger partial charge >= 0.3 is 0 Å². The maximum atomic E-state index is 4.30. The molecule has 0 aromatic carbocycles. The van der Waals surface area contributed by atoms with Crippen molar-refractivity contribution in [2.45, 2.75) is 46.7 Å². The topological polar surface area (TPSA) is 28.2 Å². The maximum Gasteiger partial charge on any atom is 0.126 e. The highest BCUT2D eigenvalue weighted by Gasteiger charge is 2.10. The minimum absolute atomic E-state index is 0.635. The fraction of sp³-hybridized carbons (Fsp3) is 0.643. The van der Waals surface area contributed by atoms with E-state index in [0.717, 1.165) is 25.5 Å². The molecule has 0 spiro atoms. The van der Waals surface area contributed by atoms with Gasteiger partial charge in [0.15, 0.2) is 0 Å². The van der Waals surface area contributed by atoms with Crippen molar-refractivity contribution >= 4 is 5.82 Å². The van der Waals surface area contributed by atoms with Crippen molar-refractivity contribution in [2.75, 3.05) is 18.4 Å². The molecule has 0 aliphatic heterocycles. The Kier molecular flexibility index (Phi) is 5.98. The molecule has 1 aromatic heterocycles. The summed E-state index contributed by atoms with van der Waals surface area (Å²) in [5, 5.41) is 3.25. The molecule has 0 aliphatic rings. The van der Waals surface area contributed by atoms with E-state index in [0.29, 0.717) is 6.04 Å². The maximum absolute atomic E-state index is 4.30. The molecular weight excluding hydrogens is 210 g/mol. The minimum atomic E-state index is 0.635. The molecule has 17 heavy (non-hydrogen) atoms. The standard InChI is InChI=1S/C14H25N3/c1-5-12(4)17(7-3)11-13-8-9-16-14(10-13)15-6-2/h8-10,12H,5-7,11H2,1-4H3,(H,15,16). The zero-order valence-corrected chi connectivity index (χ0v) is 11.5. The fourth-order valence-electron chi connectivity index (χ4n) is 1.92. The van der Waals surface area contributed by atoms with Gasteiger partial charge in [0.25, 0.3) is 0 Å². The van der Waals surface area contributed by atoms with Crippen molar-refractivity contribution in [1.82, 2.24) is 9.88 Å². The minimum Gasteiger partial charge on any atom is -0.370 e. The van der Waals surface area contributed by atoms with Gasteiger partial charge < -0.3 is 5.32 Å². The Morgan fingerprint density at radius 2 is 2.12 bits per heavy atom. The number of hydrogen-bond donors (Lipinski definition) is 1. The first-order chi connectivity index (χ1) is 8.21. The van der Waals surface area contributed by atoms with Crippen molar-refractivity contribution in [3.05, 3.63) is 23.9 Å². The van der Waals surface area contributed by atoms with Gasteiger partial charge in [0.05, 0.1) is 0 Å². The monoisotopic (exact) mass is 235 g/mol. The van der Waals surface area contributed by atoms with Crippen LogP contribution in [0.15, 0.2) is 18.3 Å². The number of anilines is 1. The predicted molar refractivity (Wildman–Crippen MR) is 74.2 cm³/mol. The molecule has 3 heteroatoms. The number of aromatic nitrogens is 1. The molecule has 1 N–H and O–H groups in total. The van der Waals surface area contributed by atoms with Crippen molar-refractivity contribution in [2.24, 2.45) is 0 Å². The normalized spacial score (nSPS) is 12.8. The Bertz CT molecular complexity index is 325. The first-order valence-corrected chi connectivity index (χ1v) is 6.64. The molecule has 0 bridgehead atoms. The van der Waals surface area contributed by atoms with Crippen LogP contribution < -0.4 is 5.32 Å². The van der Waals surface area contributed by atoms with Crippen molar-refractivity contribution in [1.29, 1.82) is 0 Å². The average molecular weight is 235 g/mol. The highest BCUT2D eigenvalue weighted by molar-refractivity contribution is 5.37. The van der Waals surface area contributed by atoms with Gasteiger partial charge in [-0.05, 0) is 44.5 Å². The summed E-state index contributed by atoms with van der Waals surface area (Å²) in [5.74, 6) is 0.977. The third-order valence-electron chi connectivity index (χ3n) is 3.19. The third kappa shape index (κ3) is 4.35. The molecule has 3 nitrogen and oxygen atoms in total. The summed E-state index contributed by atoms with van der Waals surface area (Å²) < 4.78 is 0. The first kappa shape index (κ1) is 14.0. The molecule has 0 saturated carbocycles. The largest absolute Gasteiger partial charge is 0.370 e. The summed E-state index contributed by atoms with van der Waals surface area (Å²) in [4.78, 5) is 6.79. The molecule has 1 rings (SSSR count). The van der Waals surface area contributed by atoms with Gasteiger partial charge in [-0.25, -0.2) is 4.98 Å². The smallest absolute Gasteiger partial charge is 0.126 e. The van der Waals surface area contributed by atoms with Crippen LogP contribution in [0.4, 0.5) is 5.82 Å². The molecule has 1 unspecified atom stereocenters. The number of pyridine rings is 1. The van der Waals surface area contributed by atoms with Crippen LogP contribution in [0.5, 0.6) is 0 Å². The van der Waals surface area contributed by atoms with Crippen molar-refractivity contribution in [3.63, 3.8) is 0 Å². The van der Waals surface area contributed by atoms with Crippen LogP contribution in [0, 0.1) is 0 Å². The SMILES string of the molecule is CCNc1cc(CN(CC)C(C)CC)ccn1. The van der Waals surface area contributed by atoms with Gasteiger partial charge in [0, 0.05) is 25.3 Å². The van der Waals surface area contributed by atoms with Crippen LogP contribution in [0.25, 0.3) is 0 Å². The highest BCUT2D eigenvalue weighted by Crippen LogP contribution is 2.12. The summed E-state index contributed by atoms with van der Waals surface area (Å²) in [6.45, 7) is 11.9. The van der Waals surface area contributed by atoms with Gasteiger partial charge in [0.1, 0.15) is 5.82 Å². The molecule has 0 saturated heterocycles. The van der Waals surface area contributed by atoms with Crippen molar-refractivity contribution < 1.29 is 0 Å². The molecular formula is C14H25N3. The number of rotatable bonds is 7. The molecule has 0 radical (unpaired) electrons. The van der Waals surface area contributed by atoms with E-state index >= 15 is 0 Å². The van der Waals surface area contributed by atoms with E-state index in [1.807, 2.05) is 6.20 Å². The van der Waals surface area contributed by atoms with Gasteiger partial charge in [-0.15, -0.1) is 0 Å². The van der Waals surface area contributed by atoms with E-state index in [-0.39, 0.29) is 0 Å². The molecule has 0 amide bonds. The third-order valence-corrected chi connectivity index (χ3v) is 3.19. The van der Waals surface area contributed by atoms with Crippen LogP contribution in [0.1, 0.15) is 39.7 Å². The van der Waals surface area contributed by atoms with Crippen LogP contribution >= 0.6 is 0 Å². The van der Waals surface area contributed by atoms with Gasteiger partial charge in [-0.1, -0.05) is 13.8 Å². The van der Waals surface area contributed by atoms with E-state index in [1.165, 1.54) is 12.0 Å². The predicted octanol–water partition coefficient (Wildman–Crippen LogP) is 3.13. The summed E-state index contributed by atoms with van der Waals surface area (Å²) in [6, 6.07) is 4.89. The lowest BCUT2D eigenvalue weighted by Gasteiger charge is -2.27. The number of hydrogen-bond acceptors (Lipinski definition) is 3. The van der Waals surface area contributed by atoms with Gasteiger partial charge in [-0.3, -0.25) is 4.90 Å². The average Bonchev–Trinajstić information content (AvgIpc) is 2.36. The molecule has 1 heterocycles. The lowest BCUT2D eigenvalue weighted by atomic mass is 10.1. The second-order valence-electron chi connectivity index (χ2n) is 4.40. The lowest BCUT2D eigenvalue weighted by molar-refractivity contribution is 0.206. The molecule has 0 fully saturated rings. The first-order valence-electron chi connectivity index (χ1n) is 6.64. The Labute approximate surface area is 105 Å². The summed E-state index contributed by atoms with van der Waals surface area (Å²) in [6.07, 6.45) is 3.08. The molecule has 1 aromatic rings. The second-order valence-corrected chi connectivity index (χ2v) is 4.40. The Balaban J connectivity index is 2.68. The quantitative estimate of drug-likeness (QED) is 0.787. The van der Waals surface area contributed by atoms with Gasteiger partial charge in [0.2, 0.25) is 0 Å². The summed E-state index contributed by atoms with van der Waals surface area (Å²) >= 11 is 0. The van der Waals surface area contributed by atoms with Crippen LogP contribution in [-0.2, 0) is 6.54 Å². The summed E-state index contributed by atoms with van der Waals surface area (Å²) in [5.41, 5.74) is 1.33. The van der Waals surface area contributed by atoms with E-state index < -0.39 is 0 Å². The lowest BCUT2D eigenvalue weighted by Crippen LogP contribution is -2.31. The molecule has 0 aliphatic carbocycles. The zero-order chi connectivity index (χ0) is 12.7. The second kappa shape index (κ2) is 7.28. The van der Waals surface area contributed by atoms with Crippen LogP contribution in [0.2, 0.25) is 0 Å². The molecule has 96 valence electrons. The van der Waals surface area contributed by atoms with Gasteiger partial charge in [-0.2, -0.15) is 0 Å². The summed E-state index contributed by atoms with van der Waals surface area (Å²) in [7, 11) is 0. The van der Waals surface area contributed by atoms with E-state index in [9.17, 15) is 0 Å². The number of nitrogens with one attached hydrogen (secondary N) is 1. The van der Waals surface area contributed by atoms with Crippen molar-refractivity contribution in [3.8, 4) is 0 Å². The van der Waals surface area contributed by atoms with Crippen LogP contribution in [-0.4, -0.2) is 29.0 Å². The highest BCUT2D eigenvalue weighted by atomic mass is 15.1. The Hall–Kier alpha value is -1.09. The van der Waals surface area contributed by atoms with E-state index in [2.05, 4.69) is 55.0 Å². The Morgan fingerprint density at radius 1 is 1.35 bits per heavy atom. The van der Waals surface area contributed by atoms with Crippen LogP contribution in [0.3, 0.4) is 0 Å². The number of nitrogens with zero attached hydrogens (tertiary/aromatic N) is 2.